The maximum Gasteiger partial charge on any atom is 0.231 e. The molecule has 0 N–H and O–H groups in total. The summed E-state index contributed by atoms with van der Waals surface area (Å²) >= 11 is 0. The zero-order valence-corrected chi connectivity index (χ0v) is 16.5. The largest absolute Gasteiger partial charge is 0.454 e. The van der Waals surface area contributed by atoms with Gasteiger partial charge in [0.1, 0.15) is 0 Å². The van der Waals surface area contributed by atoms with Crippen molar-refractivity contribution < 1.29 is 9.47 Å². The molecule has 0 radical (unpaired) electrons. The van der Waals surface area contributed by atoms with E-state index in [0.29, 0.717) is 6.79 Å². The van der Waals surface area contributed by atoms with Gasteiger partial charge in [-0.15, -0.1) is 0 Å². The number of nitrogens with zero attached hydrogens (tertiary/aromatic N) is 2. The Morgan fingerprint density at radius 1 is 0.893 bits per heavy atom. The van der Waals surface area contributed by atoms with Crippen LogP contribution in [0.2, 0.25) is 0 Å². The lowest BCUT2D eigenvalue weighted by molar-refractivity contribution is 0.174. The van der Waals surface area contributed by atoms with Gasteiger partial charge in [0.2, 0.25) is 6.79 Å². The Kier molecular flexibility index (Phi) is 5.58. The SMILES string of the molecule is CCc1ccc(CN(Cc2cccnc2)Cc2cc3c(cc2C)OCO3)cc1. The number of hydrogen-bond donors (Lipinski definition) is 0. The monoisotopic (exact) mass is 374 g/mol. The number of aryl methyl sites for hydroxylation is 2. The minimum Gasteiger partial charge on any atom is -0.454 e. The number of benzene rings is 2. The third kappa shape index (κ3) is 4.34. The lowest BCUT2D eigenvalue weighted by Crippen LogP contribution is -2.23. The first kappa shape index (κ1) is 18.5. The predicted octanol–water partition coefficient (Wildman–Crippen LogP) is 4.88. The maximum atomic E-state index is 5.59. The quantitative estimate of drug-likeness (QED) is 0.590. The molecule has 2 aromatic carbocycles. The molecule has 0 saturated carbocycles. The Bertz CT molecular complexity index is 923. The fraction of sp³-hybridized carbons (Fsp3) is 0.292. The van der Waals surface area contributed by atoms with Gasteiger partial charge in [-0.25, -0.2) is 0 Å². The average molecular weight is 374 g/mol. The van der Waals surface area contributed by atoms with Crippen molar-refractivity contribution in [3.63, 3.8) is 0 Å². The van der Waals surface area contributed by atoms with Gasteiger partial charge in [-0.1, -0.05) is 37.3 Å². The summed E-state index contributed by atoms with van der Waals surface area (Å²) in [7, 11) is 0. The van der Waals surface area contributed by atoms with Crippen LogP contribution >= 0.6 is 0 Å². The summed E-state index contributed by atoms with van der Waals surface area (Å²) < 4.78 is 11.1. The Balaban J connectivity index is 1.57. The van der Waals surface area contributed by atoms with Crippen molar-refractivity contribution in [1.29, 1.82) is 0 Å². The molecule has 28 heavy (non-hydrogen) atoms. The van der Waals surface area contributed by atoms with E-state index >= 15 is 0 Å². The summed E-state index contributed by atoms with van der Waals surface area (Å²) in [4.78, 5) is 6.72. The van der Waals surface area contributed by atoms with Crippen LogP contribution in [-0.4, -0.2) is 16.7 Å². The molecule has 0 bridgehead atoms. The molecule has 0 aliphatic carbocycles. The van der Waals surface area contributed by atoms with Crippen LogP contribution in [0.4, 0.5) is 0 Å². The van der Waals surface area contributed by atoms with Gasteiger partial charge in [-0.2, -0.15) is 0 Å². The molecule has 4 heteroatoms. The summed E-state index contributed by atoms with van der Waals surface area (Å²) in [5.41, 5.74) is 6.39. The Labute approximate surface area is 166 Å². The molecule has 0 unspecified atom stereocenters. The third-order valence-electron chi connectivity index (χ3n) is 5.19. The number of hydrogen-bond acceptors (Lipinski definition) is 4. The molecule has 2 heterocycles. The van der Waals surface area contributed by atoms with Crippen molar-refractivity contribution in [2.24, 2.45) is 0 Å². The van der Waals surface area contributed by atoms with Gasteiger partial charge in [-0.3, -0.25) is 9.88 Å². The first-order valence-corrected chi connectivity index (χ1v) is 9.79. The standard InChI is InChI=1S/C24H26N2O2/c1-3-19-6-8-20(9-7-19)14-26(15-21-5-4-10-25-13-21)16-22-12-24-23(11-18(22)2)27-17-28-24/h4-13H,3,14-17H2,1-2H3. The van der Waals surface area contributed by atoms with Gasteiger partial charge in [-0.05, 0) is 59.4 Å². The highest BCUT2D eigenvalue weighted by molar-refractivity contribution is 5.48. The second kappa shape index (κ2) is 8.44. The van der Waals surface area contributed by atoms with Crippen molar-refractivity contribution in [3.8, 4) is 11.5 Å². The smallest absolute Gasteiger partial charge is 0.231 e. The summed E-state index contributed by atoms with van der Waals surface area (Å²) in [6, 6.07) is 17.3. The summed E-state index contributed by atoms with van der Waals surface area (Å²) in [6.07, 6.45) is 4.83. The van der Waals surface area contributed by atoms with Gasteiger partial charge in [0.05, 0.1) is 0 Å². The van der Waals surface area contributed by atoms with E-state index in [1.807, 2.05) is 18.5 Å². The van der Waals surface area contributed by atoms with Crippen LogP contribution in [-0.2, 0) is 26.1 Å². The molecule has 4 rings (SSSR count). The number of aromatic nitrogens is 1. The molecule has 0 spiro atoms. The van der Waals surface area contributed by atoms with Crippen LogP contribution in [0.25, 0.3) is 0 Å². The van der Waals surface area contributed by atoms with Crippen LogP contribution in [0, 0.1) is 6.92 Å². The molecule has 1 aliphatic heterocycles. The zero-order valence-electron chi connectivity index (χ0n) is 16.5. The molecule has 0 fully saturated rings. The molecule has 0 amide bonds. The lowest BCUT2D eigenvalue weighted by Gasteiger charge is -2.24. The van der Waals surface area contributed by atoms with E-state index in [-0.39, 0.29) is 0 Å². The molecule has 1 aromatic heterocycles. The molecule has 3 aromatic rings. The summed E-state index contributed by atoms with van der Waals surface area (Å²) in [5.74, 6) is 1.68. The number of pyridine rings is 1. The van der Waals surface area contributed by atoms with Crippen LogP contribution in [0.5, 0.6) is 11.5 Å². The van der Waals surface area contributed by atoms with E-state index < -0.39 is 0 Å². The minimum atomic E-state index is 0.307. The Morgan fingerprint density at radius 2 is 1.61 bits per heavy atom. The first-order valence-electron chi connectivity index (χ1n) is 9.79. The van der Waals surface area contributed by atoms with Crippen LogP contribution < -0.4 is 9.47 Å². The Morgan fingerprint density at radius 3 is 2.32 bits per heavy atom. The lowest BCUT2D eigenvalue weighted by atomic mass is 10.1. The van der Waals surface area contributed by atoms with E-state index in [4.69, 9.17) is 9.47 Å². The van der Waals surface area contributed by atoms with E-state index in [0.717, 1.165) is 37.6 Å². The van der Waals surface area contributed by atoms with Gasteiger partial charge >= 0.3 is 0 Å². The van der Waals surface area contributed by atoms with E-state index in [1.165, 1.54) is 27.8 Å². The molecule has 1 aliphatic rings. The van der Waals surface area contributed by atoms with E-state index in [2.05, 4.69) is 66.2 Å². The predicted molar refractivity (Wildman–Crippen MR) is 110 cm³/mol. The van der Waals surface area contributed by atoms with E-state index in [9.17, 15) is 0 Å². The Hall–Kier alpha value is -2.85. The molecule has 144 valence electrons. The zero-order chi connectivity index (χ0) is 19.3. The first-order chi connectivity index (χ1) is 13.7. The molecule has 0 saturated heterocycles. The van der Waals surface area contributed by atoms with Crippen molar-refractivity contribution in [2.75, 3.05) is 6.79 Å². The highest BCUT2D eigenvalue weighted by atomic mass is 16.7. The van der Waals surface area contributed by atoms with E-state index in [1.54, 1.807) is 0 Å². The fourth-order valence-electron chi connectivity index (χ4n) is 3.55. The third-order valence-corrected chi connectivity index (χ3v) is 5.19. The van der Waals surface area contributed by atoms with Crippen LogP contribution in [0.15, 0.2) is 60.9 Å². The highest BCUT2D eigenvalue weighted by Crippen LogP contribution is 2.35. The maximum absolute atomic E-state index is 5.59. The number of ether oxygens (including phenoxy) is 2. The second-order valence-corrected chi connectivity index (χ2v) is 7.31. The van der Waals surface area contributed by atoms with Crippen LogP contribution in [0.1, 0.15) is 34.7 Å². The highest BCUT2D eigenvalue weighted by Gasteiger charge is 2.17. The topological polar surface area (TPSA) is 34.6 Å². The number of rotatable bonds is 7. The fourth-order valence-corrected chi connectivity index (χ4v) is 3.55. The normalized spacial score (nSPS) is 12.5. The van der Waals surface area contributed by atoms with Gasteiger partial charge in [0, 0.05) is 32.0 Å². The molecule has 4 nitrogen and oxygen atoms in total. The van der Waals surface area contributed by atoms with Gasteiger partial charge in [0.15, 0.2) is 11.5 Å². The van der Waals surface area contributed by atoms with Crippen LogP contribution in [0.3, 0.4) is 0 Å². The molecule has 0 atom stereocenters. The summed E-state index contributed by atoms with van der Waals surface area (Å²) in [5, 5.41) is 0. The second-order valence-electron chi connectivity index (χ2n) is 7.31. The van der Waals surface area contributed by atoms with Crippen molar-refractivity contribution in [1.82, 2.24) is 9.88 Å². The number of fused-ring (bicyclic) bond motifs is 1. The molecular formula is C24H26N2O2. The van der Waals surface area contributed by atoms with Gasteiger partial charge in [0.25, 0.3) is 0 Å². The van der Waals surface area contributed by atoms with Crippen molar-refractivity contribution in [2.45, 2.75) is 39.9 Å². The van der Waals surface area contributed by atoms with Crippen molar-refractivity contribution in [3.05, 3.63) is 88.7 Å². The molecular weight excluding hydrogens is 348 g/mol. The minimum absolute atomic E-state index is 0.307. The summed E-state index contributed by atoms with van der Waals surface area (Å²) in [6.45, 7) is 7.19. The van der Waals surface area contributed by atoms with Crippen molar-refractivity contribution >= 4 is 0 Å². The average Bonchev–Trinajstić information content (AvgIpc) is 3.16. The van der Waals surface area contributed by atoms with Gasteiger partial charge < -0.3 is 9.47 Å².